The van der Waals surface area contributed by atoms with E-state index in [1.165, 1.54) is 5.56 Å². The third kappa shape index (κ3) is 2.99. The second-order valence-electron chi connectivity index (χ2n) is 4.78. The predicted molar refractivity (Wildman–Crippen MR) is 68.1 cm³/mol. The highest BCUT2D eigenvalue weighted by Gasteiger charge is 2.22. The van der Waals surface area contributed by atoms with Crippen LogP contribution in [-0.4, -0.2) is 36.3 Å². The van der Waals surface area contributed by atoms with Crippen molar-refractivity contribution in [3.63, 3.8) is 0 Å². The maximum absolute atomic E-state index is 9.30. The summed E-state index contributed by atoms with van der Waals surface area (Å²) < 4.78 is 5.39. The summed E-state index contributed by atoms with van der Waals surface area (Å²) in [6.07, 6.45) is 2.22. The number of phenols is 1. The average Bonchev–Trinajstić information content (AvgIpc) is 2.39. The molecule has 1 heterocycles. The van der Waals surface area contributed by atoms with Crippen LogP contribution >= 0.6 is 0 Å². The summed E-state index contributed by atoms with van der Waals surface area (Å²) in [5.41, 5.74) is 1.25. The van der Waals surface area contributed by atoms with Gasteiger partial charge in [-0.25, -0.2) is 0 Å². The van der Waals surface area contributed by atoms with Crippen LogP contribution in [0.4, 0.5) is 0 Å². The van der Waals surface area contributed by atoms with E-state index < -0.39 is 0 Å². The van der Waals surface area contributed by atoms with Gasteiger partial charge < -0.3 is 9.84 Å². The molecule has 1 N–H and O–H groups in total. The van der Waals surface area contributed by atoms with Gasteiger partial charge in [0.2, 0.25) is 0 Å². The Morgan fingerprint density at radius 1 is 1.24 bits per heavy atom. The molecule has 0 radical (unpaired) electrons. The third-order valence-corrected chi connectivity index (χ3v) is 3.75. The van der Waals surface area contributed by atoms with Crippen LogP contribution in [-0.2, 0) is 4.74 Å². The zero-order chi connectivity index (χ0) is 12.3. The predicted octanol–water partition coefficient (Wildman–Crippen LogP) is 2.56. The van der Waals surface area contributed by atoms with E-state index in [2.05, 4.69) is 18.9 Å². The highest BCUT2D eigenvalue weighted by Crippen LogP contribution is 2.25. The lowest BCUT2D eigenvalue weighted by Crippen LogP contribution is -2.38. The van der Waals surface area contributed by atoms with Crippen LogP contribution < -0.4 is 0 Å². The van der Waals surface area contributed by atoms with Gasteiger partial charge in [-0.2, -0.15) is 0 Å². The molecule has 0 saturated carbocycles. The molecule has 0 amide bonds. The largest absolute Gasteiger partial charge is 0.508 e. The zero-order valence-electron chi connectivity index (χ0n) is 10.6. The van der Waals surface area contributed by atoms with Crippen LogP contribution in [0.5, 0.6) is 5.75 Å². The number of phenolic OH excluding ortho intramolecular Hbond substituents is 1. The molecule has 3 heteroatoms. The zero-order valence-corrected chi connectivity index (χ0v) is 10.6. The summed E-state index contributed by atoms with van der Waals surface area (Å²) in [7, 11) is 2.17. The minimum Gasteiger partial charge on any atom is -0.508 e. The van der Waals surface area contributed by atoms with E-state index in [-0.39, 0.29) is 0 Å². The topological polar surface area (TPSA) is 32.7 Å². The Bertz CT molecular complexity index is 344. The van der Waals surface area contributed by atoms with Gasteiger partial charge in [-0.1, -0.05) is 12.1 Å². The van der Waals surface area contributed by atoms with Crippen LogP contribution in [0, 0.1) is 0 Å². The van der Waals surface area contributed by atoms with Crippen molar-refractivity contribution < 1.29 is 9.84 Å². The maximum Gasteiger partial charge on any atom is 0.115 e. The van der Waals surface area contributed by atoms with Crippen molar-refractivity contribution in [3.8, 4) is 5.75 Å². The van der Waals surface area contributed by atoms with Crippen LogP contribution in [0.1, 0.15) is 31.4 Å². The minimum atomic E-state index is 0.328. The summed E-state index contributed by atoms with van der Waals surface area (Å²) >= 11 is 0. The monoisotopic (exact) mass is 235 g/mol. The molecule has 17 heavy (non-hydrogen) atoms. The smallest absolute Gasteiger partial charge is 0.115 e. The molecule has 1 saturated heterocycles. The van der Waals surface area contributed by atoms with E-state index in [0.717, 1.165) is 26.1 Å². The van der Waals surface area contributed by atoms with E-state index in [0.29, 0.717) is 17.8 Å². The van der Waals surface area contributed by atoms with Crippen molar-refractivity contribution in [1.82, 2.24) is 4.90 Å². The third-order valence-electron chi connectivity index (χ3n) is 3.75. The second-order valence-corrected chi connectivity index (χ2v) is 4.78. The van der Waals surface area contributed by atoms with Crippen molar-refractivity contribution in [2.45, 2.75) is 31.8 Å². The van der Waals surface area contributed by atoms with Crippen molar-refractivity contribution in [2.24, 2.45) is 0 Å². The lowest BCUT2D eigenvalue weighted by atomic mass is 10.0. The Morgan fingerprint density at radius 2 is 1.82 bits per heavy atom. The molecule has 0 aliphatic carbocycles. The first-order chi connectivity index (χ1) is 8.18. The average molecular weight is 235 g/mol. The molecule has 2 rings (SSSR count). The standard InChI is InChI=1S/C14H21NO2/c1-11(12-3-5-14(16)6-4-12)15(2)13-7-9-17-10-8-13/h3-6,11,13,16H,7-10H2,1-2H3. The summed E-state index contributed by atoms with van der Waals surface area (Å²) in [5.74, 6) is 0.328. The second kappa shape index (κ2) is 5.52. The van der Waals surface area contributed by atoms with Gasteiger partial charge in [0.05, 0.1) is 0 Å². The van der Waals surface area contributed by atoms with Gasteiger partial charge in [-0.3, -0.25) is 4.90 Å². The SMILES string of the molecule is CC(c1ccc(O)cc1)N(C)C1CCOCC1. The van der Waals surface area contributed by atoms with Crippen LogP contribution in [0.25, 0.3) is 0 Å². The van der Waals surface area contributed by atoms with Gasteiger partial charge >= 0.3 is 0 Å². The summed E-state index contributed by atoms with van der Waals surface area (Å²) in [6, 6.07) is 8.48. The normalized spacial score (nSPS) is 19.5. The van der Waals surface area contributed by atoms with E-state index >= 15 is 0 Å². The van der Waals surface area contributed by atoms with Gasteiger partial charge in [0.1, 0.15) is 5.75 Å². The van der Waals surface area contributed by atoms with E-state index in [1.54, 1.807) is 12.1 Å². The number of hydrogen-bond donors (Lipinski definition) is 1. The summed E-state index contributed by atoms with van der Waals surface area (Å²) in [6.45, 7) is 3.95. The van der Waals surface area contributed by atoms with Gasteiger partial charge in [-0.05, 0) is 44.5 Å². The molecule has 1 aromatic carbocycles. The van der Waals surface area contributed by atoms with Gasteiger partial charge in [0.15, 0.2) is 0 Å². The molecule has 0 spiro atoms. The maximum atomic E-state index is 9.30. The molecule has 0 bridgehead atoms. The van der Waals surface area contributed by atoms with E-state index in [4.69, 9.17) is 4.74 Å². The highest BCUT2D eigenvalue weighted by molar-refractivity contribution is 5.27. The Hall–Kier alpha value is -1.06. The number of hydrogen-bond acceptors (Lipinski definition) is 3. The quantitative estimate of drug-likeness (QED) is 0.874. The lowest BCUT2D eigenvalue weighted by molar-refractivity contribution is 0.0309. The molecular formula is C14H21NO2. The molecule has 1 aliphatic rings. The van der Waals surface area contributed by atoms with Crippen LogP contribution in [0.3, 0.4) is 0 Å². The van der Waals surface area contributed by atoms with Crippen LogP contribution in [0.15, 0.2) is 24.3 Å². The van der Waals surface area contributed by atoms with Crippen molar-refractivity contribution >= 4 is 0 Å². The fourth-order valence-corrected chi connectivity index (χ4v) is 2.40. The molecule has 1 aliphatic heterocycles. The Balaban J connectivity index is 2.02. The summed E-state index contributed by atoms with van der Waals surface area (Å²) in [5, 5.41) is 9.30. The van der Waals surface area contributed by atoms with Crippen molar-refractivity contribution in [1.29, 1.82) is 0 Å². The number of rotatable bonds is 3. The fourth-order valence-electron chi connectivity index (χ4n) is 2.40. The number of ether oxygens (including phenoxy) is 1. The Morgan fingerprint density at radius 3 is 2.41 bits per heavy atom. The molecule has 1 fully saturated rings. The molecule has 0 aromatic heterocycles. The van der Waals surface area contributed by atoms with Crippen LogP contribution in [0.2, 0.25) is 0 Å². The Kier molecular flexibility index (Phi) is 4.02. The molecule has 3 nitrogen and oxygen atoms in total. The number of benzene rings is 1. The molecule has 1 unspecified atom stereocenters. The van der Waals surface area contributed by atoms with Crippen molar-refractivity contribution in [3.05, 3.63) is 29.8 Å². The first kappa shape index (κ1) is 12.4. The number of nitrogens with zero attached hydrogens (tertiary/aromatic N) is 1. The lowest BCUT2D eigenvalue weighted by Gasteiger charge is -2.35. The highest BCUT2D eigenvalue weighted by atomic mass is 16.5. The van der Waals surface area contributed by atoms with E-state index in [9.17, 15) is 5.11 Å². The first-order valence-electron chi connectivity index (χ1n) is 6.27. The van der Waals surface area contributed by atoms with E-state index in [1.807, 2.05) is 12.1 Å². The summed E-state index contributed by atoms with van der Waals surface area (Å²) in [4.78, 5) is 2.41. The molecular weight excluding hydrogens is 214 g/mol. The first-order valence-corrected chi connectivity index (χ1v) is 6.27. The minimum absolute atomic E-state index is 0.328. The Labute approximate surface area is 103 Å². The molecule has 1 aromatic rings. The van der Waals surface area contributed by atoms with Crippen molar-refractivity contribution in [2.75, 3.05) is 20.3 Å². The van der Waals surface area contributed by atoms with Gasteiger partial charge in [0, 0.05) is 25.3 Å². The van der Waals surface area contributed by atoms with Gasteiger partial charge in [-0.15, -0.1) is 0 Å². The molecule has 1 atom stereocenters. The van der Waals surface area contributed by atoms with Gasteiger partial charge in [0.25, 0.3) is 0 Å². The number of aromatic hydroxyl groups is 1. The fraction of sp³-hybridized carbons (Fsp3) is 0.571. The molecule has 94 valence electrons.